The zero-order chi connectivity index (χ0) is 12.6. The van der Waals surface area contributed by atoms with E-state index in [4.69, 9.17) is 0 Å². The monoisotopic (exact) mass is 295 g/mol. The minimum absolute atomic E-state index is 0.161. The Kier molecular flexibility index (Phi) is 3.30. The Hall–Kier alpha value is -0.830. The molecule has 1 aromatic carbocycles. The quantitative estimate of drug-likeness (QED) is 0.775. The largest absolute Gasteiger partial charge is 0.338 e. The second-order valence-electron chi connectivity index (χ2n) is 5.55. The molecule has 0 N–H and O–H groups in total. The fraction of sp³-hybridized carbons (Fsp3) is 0.500. The Balaban J connectivity index is 2.24. The molecule has 1 amide bonds. The van der Waals surface area contributed by atoms with Crippen LogP contribution in [0.15, 0.2) is 22.7 Å². The van der Waals surface area contributed by atoms with E-state index in [0.717, 1.165) is 35.1 Å². The lowest BCUT2D eigenvalue weighted by Crippen LogP contribution is -2.30. The number of benzene rings is 1. The predicted octanol–water partition coefficient (Wildman–Crippen LogP) is 3.63. The van der Waals surface area contributed by atoms with Crippen LogP contribution >= 0.6 is 15.9 Å². The van der Waals surface area contributed by atoms with Gasteiger partial charge in [-0.2, -0.15) is 0 Å². The van der Waals surface area contributed by atoms with E-state index in [9.17, 15) is 4.79 Å². The maximum Gasteiger partial charge on any atom is 0.254 e. The molecule has 17 heavy (non-hydrogen) atoms. The highest BCUT2D eigenvalue weighted by Crippen LogP contribution is 2.30. The number of amides is 1. The Labute approximate surface area is 111 Å². The van der Waals surface area contributed by atoms with Gasteiger partial charge in [-0.25, -0.2) is 0 Å². The van der Waals surface area contributed by atoms with Gasteiger partial charge in [0.2, 0.25) is 0 Å². The van der Waals surface area contributed by atoms with Crippen LogP contribution in [0.3, 0.4) is 0 Å². The predicted molar refractivity (Wildman–Crippen MR) is 73.2 cm³/mol. The van der Waals surface area contributed by atoms with Gasteiger partial charge in [0.05, 0.1) is 0 Å². The first kappa shape index (κ1) is 12.6. The standard InChI is InChI=1S/C14H18BrNO/c1-10-11(5-4-6-12(10)15)13(17)16-8-7-14(2,3)9-16/h4-6H,7-9H2,1-3H3. The van der Waals surface area contributed by atoms with E-state index in [2.05, 4.69) is 29.8 Å². The Morgan fingerprint density at radius 3 is 2.71 bits per heavy atom. The molecule has 0 spiro atoms. The zero-order valence-electron chi connectivity index (χ0n) is 10.6. The smallest absolute Gasteiger partial charge is 0.254 e. The molecule has 3 heteroatoms. The summed E-state index contributed by atoms with van der Waals surface area (Å²) in [6, 6.07) is 5.80. The van der Waals surface area contributed by atoms with Gasteiger partial charge < -0.3 is 4.90 Å². The third kappa shape index (κ3) is 2.54. The van der Waals surface area contributed by atoms with E-state index in [1.807, 2.05) is 30.0 Å². The van der Waals surface area contributed by atoms with Crippen LogP contribution in [0.2, 0.25) is 0 Å². The van der Waals surface area contributed by atoms with E-state index in [1.54, 1.807) is 0 Å². The average Bonchev–Trinajstić information content (AvgIpc) is 2.62. The van der Waals surface area contributed by atoms with E-state index in [-0.39, 0.29) is 11.3 Å². The number of carbonyl (C=O) groups excluding carboxylic acids is 1. The van der Waals surface area contributed by atoms with Gasteiger partial charge in [0.25, 0.3) is 5.91 Å². The number of rotatable bonds is 1. The fourth-order valence-corrected chi connectivity index (χ4v) is 2.66. The van der Waals surface area contributed by atoms with Gasteiger partial charge in [0, 0.05) is 23.1 Å². The minimum Gasteiger partial charge on any atom is -0.338 e. The average molecular weight is 296 g/mol. The van der Waals surface area contributed by atoms with Gasteiger partial charge in [-0.05, 0) is 36.5 Å². The zero-order valence-corrected chi connectivity index (χ0v) is 12.2. The number of likely N-dealkylation sites (tertiary alicyclic amines) is 1. The van der Waals surface area contributed by atoms with Crippen molar-refractivity contribution < 1.29 is 4.79 Å². The fourth-order valence-electron chi connectivity index (χ4n) is 2.30. The van der Waals surface area contributed by atoms with Gasteiger partial charge >= 0.3 is 0 Å². The van der Waals surface area contributed by atoms with Crippen LogP contribution in [-0.2, 0) is 0 Å². The molecule has 92 valence electrons. The summed E-state index contributed by atoms with van der Waals surface area (Å²) in [5.41, 5.74) is 2.11. The first-order valence-corrected chi connectivity index (χ1v) is 6.74. The van der Waals surface area contributed by atoms with E-state index in [0.29, 0.717) is 0 Å². The summed E-state index contributed by atoms with van der Waals surface area (Å²) in [7, 11) is 0. The summed E-state index contributed by atoms with van der Waals surface area (Å²) in [6.45, 7) is 8.15. The van der Waals surface area contributed by atoms with Crippen LogP contribution in [0.25, 0.3) is 0 Å². The summed E-state index contributed by atoms with van der Waals surface area (Å²) >= 11 is 3.47. The van der Waals surface area contributed by atoms with Crippen LogP contribution in [0.4, 0.5) is 0 Å². The van der Waals surface area contributed by atoms with Crippen molar-refractivity contribution in [1.29, 1.82) is 0 Å². The van der Waals surface area contributed by atoms with Crippen molar-refractivity contribution in [2.75, 3.05) is 13.1 Å². The van der Waals surface area contributed by atoms with Crippen molar-refractivity contribution in [1.82, 2.24) is 4.90 Å². The molecule has 0 radical (unpaired) electrons. The first-order chi connectivity index (χ1) is 7.91. The van der Waals surface area contributed by atoms with Crippen LogP contribution in [0.5, 0.6) is 0 Å². The van der Waals surface area contributed by atoms with Gasteiger partial charge in [-0.15, -0.1) is 0 Å². The van der Waals surface area contributed by atoms with Crippen LogP contribution in [-0.4, -0.2) is 23.9 Å². The number of halogens is 1. The summed E-state index contributed by atoms with van der Waals surface area (Å²) in [6.07, 6.45) is 1.09. The number of carbonyl (C=O) groups is 1. The lowest BCUT2D eigenvalue weighted by atomic mass is 9.93. The second-order valence-corrected chi connectivity index (χ2v) is 6.41. The molecule has 2 rings (SSSR count). The summed E-state index contributed by atoms with van der Waals surface area (Å²) < 4.78 is 1.00. The minimum atomic E-state index is 0.161. The molecule has 1 aliphatic heterocycles. The van der Waals surface area contributed by atoms with E-state index >= 15 is 0 Å². The molecule has 1 saturated heterocycles. The third-order valence-corrected chi connectivity index (χ3v) is 4.32. The molecule has 0 saturated carbocycles. The molecular weight excluding hydrogens is 278 g/mol. The second kappa shape index (κ2) is 4.45. The van der Waals surface area contributed by atoms with Crippen molar-refractivity contribution in [3.63, 3.8) is 0 Å². The molecule has 1 fully saturated rings. The number of hydrogen-bond acceptors (Lipinski definition) is 1. The highest BCUT2D eigenvalue weighted by Gasteiger charge is 2.32. The number of nitrogens with zero attached hydrogens (tertiary/aromatic N) is 1. The summed E-state index contributed by atoms with van der Waals surface area (Å²) in [5, 5.41) is 0. The van der Waals surface area contributed by atoms with Crippen molar-refractivity contribution in [3.05, 3.63) is 33.8 Å². The molecule has 1 aromatic rings. The molecule has 0 unspecified atom stereocenters. The topological polar surface area (TPSA) is 20.3 Å². The molecule has 1 heterocycles. The Morgan fingerprint density at radius 2 is 2.12 bits per heavy atom. The maximum atomic E-state index is 12.4. The molecule has 2 nitrogen and oxygen atoms in total. The first-order valence-electron chi connectivity index (χ1n) is 5.95. The molecule has 0 aliphatic carbocycles. The van der Waals surface area contributed by atoms with Crippen molar-refractivity contribution in [2.24, 2.45) is 5.41 Å². The Morgan fingerprint density at radius 1 is 1.41 bits per heavy atom. The van der Waals surface area contributed by atoms with Gasteiger partial charge in [0.15, 0.2) is 0 Å². The van der Waals surface area contributed by atoms with E-state index in [1.165, 1.54) is 0 Å². The summed E-state index contributed by atoms with van der Waals surface area (Å²) in [4.78, 5) is 14.4. The highest BCUT2D eigenvalue weighted by molar-refractivity contribution is 9.10. The Bertz CT molecular complexity index is 454. The van der Waals surface area contributed by atoms with E-state index < -0.39 is 0 Å². The van der Waals surface area contributed by atoms with Gasteiger partial charge in [-0.3, -0.25) is 4.79 Å². The molecular formula is C14H18BrNO. The van der Waals surface area contributed by atoms with Crippen molar-refractivity contribution in [2.45, 2.75) is 27.2 Å². The molecule has 0 aromatic heterocycles. The molecule has 0 atom stereocenters. The highest BCUT2D eigenvalue weighted by atomic mass is 79.9. The molecule has 0 bridgehead atoms. The van der Waals surface area contributed by atoms with Crippen LogP contribution in [0.1, 0.15) is 36.2 Å². The van der Waals surface area contributed by atoms with Gasteiger partial charge in [0.1, 0.15) is 0 Å². The third-order valence-electron chi connectivity index (χ3n) is 3.46. The maximum absolute atomic E-state index is 12.4. The lowest BCUT2D eigenvalue weighted by Gasteiger charge is -2.20. The lowest BCUT2D eigenvalue weighted by molar-refractivity contribution is 0.0777. The van der Waals surface area contributed by atoms with Crippen LogP contribution < -0.4 is 0 Å². The normalized spacial score (nSPS) is 18.5. The van der Waals surface area contributed by atoms with Crippen molar-refractivity contribution >= 4 is 21.8 Å². The van der Waals surface area contributed by atoms with Crippen LogP contribution in [0, 0.1) is 12.3 Å². The van der Waals surface area contributed by atoms with Crippen molar-refractivity contribution in [3.8, 4) is 0 Å². The SMILES string of the molecule is Cc1c(Br)cccc1C(=O)N1CCC(C)(C)C1. The number of hydrogen-bond donors (Lipinski definition) is 0. The van der Waals surface area contributed by atoms with Gasteiger partial charge in [-0.1, -0.05) is 35.8 Å². The molecule has 1 aliphatic rings. The summed E-state index contributed by atoms with van der Waals surface area (Å²) in [5.74, 6) is 0.161.